The number of nitrogens with zero attached hydrogens (tertiary/aromatic N) is 4. The van der Waals surface area contributed by atoms with Crippen LogP contribution in [0.5, 0.6) is 0 Å². The van der Waals surface area contributed by atoms with Crippen molar-refractivity contribution in [3.8, 4) is 12.1 Å². The summed E-state index contributed by atoms with van der Waals surface area (Å²) in [4.78, 5) is 4.53. The zero-order valence-electron chi connectivity index (χ0n) is 12.0. The van der Waals surface area contributed by atoms with Gasteiger partial charge in [-0.2, -0.15) is 10.5 Å². The molecule has 4 nitrogen and oxygen atoms in total. The second-order valence-corrected chi connectivity index (χ2v) is 4.89. The standard InChI is InChI=1S/C18H12N4/c1-22-17-8-3-2-7-16(17)21-18(22)15(12-20)10-13-5-4-6-14(9-13)11-19/h2-10H,1H3/b15-10+. The van der Waals surface area contributed by atoms with Gasteiger partial charge in [0.05, 0.1) is 28.2 Å². The lowest BCUT2D eigenvalue weighted by Crippen LogP contribution is -1.96. The summed E-state index contributed by atoms with van der Waals surface area (Å²) in [5, 5.41) is 18.4. The number of hydrogen-bond acceptors (Lipinski definition) is 3. The van der Waals surface area contributed by atoms with Gasteiger partial charge in [-0.15, -0.1) is 0 Å². The van der Waals surface area contributed by atoms with E-state index in [1.807, 2.05) is 41.9 Å². The van der Waals surface area contributed by atoms with Crippen LogP contribution in [0.4, 0.5) is 0 Å². The monoisotopic (exact) mass is 284 g/mol. The molecule has 0 saturated carbocycles. The van der Waals surface area contributed by atoms with Gasteiger partial charge in [-0.25, -0.2) is 4.98 Å². The second-order valence-electron chi connectivity index (χ2n) is 4.89. The zero-order chi connectivity index (χ0) is 15.5. The Morgan fingerprint density at radius 3 is 2.68 bits per heavy atom. The van der Waals surface area contributed by atoms with Crippen molar-refractivity contribution < 1.29 is 0 Å². The lowest BCUT2D eigenvalue weighted by molar-refractivity contribution is 0.925. The maximum atomic E-state index is 9.48. The van der Waals surface area contributed by atoms with Gasteiger partial charge in [-0.3, -0.25) is 0 Å². The molecule has 2 aromatic carbocycles. The van der Waals surface area contributed by atoms with E-state index in [1.165, 1.54) is 0 Å². The summed E-state index contributed by atoms with van der Waals surface area (Å²) >= 11 is 0. The Bertz CT molecular complexity index is 965. The van der Waals surface area contributed by atoms with Crippen molar-refractivity contribution in [2.45, 2.75) is 0 Å². The summed E-state index contributed by atoms with van der Waals surface area (Å²) < 4.78 is 1.90. The van der Waals surface area contributed by atoms with Gasteiger partial charge in [0.25, 0.3) is 0 Å². The first-order valence-electron chi connectivity index (χ1n) is 6.76. The first-order valence-corrected chi connectivity index (χ1v) is 6.76. The summed E-state index contributed by atoms with van der Waals surface area (Å²) in [6, 6.07) is 19.2. The van der Waals surface area contributed by atoms with E-state index in [2.05, 4.69) is 17.1 Å². The van der Waals surface area contributed by atoms with Gasteiger partial charge in [0, 0.05) is 7.05 Å². The van der Waals surface area contributed by atoms with Crippen molar-refractivity contribution in [2.75, 3.05) is 0 Å². The highest BCUT2D eigenvalue weighted by Crippen LogP contribution is 2.22. The van der Waals surface area contributed by atoms with E-state index in [1.54, 1.807) is 24.3 Å². The molecule has 0 saturated heterocycles. The van der Waals surface area contributed by atoms with Crippen LogP contribution in [0, 0.1) is 22.7 Å². The average molecular weight is 284 g/mol. The summed E-state index contributed by atoms with van der Waals surface area (Å²) in [6.07, 6.45) is 1.75. The molecule has 0 aliphatic heterocycles. The summed E-state index contributed by atoms with van der Waals surface area (Å²) in [6.45, 7) is 0. The van der Waals surface area contributed by atoms with E-state index < -0.39 is 0 Å². The van der Waals surface area contributed by atoms with Crippen LogP contribution in [0.15, 0.2) is 48.5 Å². The van der Waals surface area contributed by atoms with E-state index >= 15 is 0 Å². The molecule has 3 aromatic rings. The summed E-state index contributed by atoms with van der Waals surface area (Å²) in [5.74, 6) is 0.617. The van der Waals surface area contributed by atoms with Crippen molar-refractivity contribution in [1.29, 1.82) is 10.5 Å². The molecule has 0 atom stereocenters. The molecule has 0 amide bonds. The lowest BCUT2D eigenvalue weighted by Gasteiger charge is -2.01. The lowest BCUT2D eigenvalue weighted by atomic mass is 10.1. The first-order chi connectivity index (χ1) is 10.7. The number of rotatable bonds is 2. The van der Waals surface area contributed by atoms with Crippen LogP contribution >= 0.6 is 0 Å². The van der Waals surface area contributed by atoms with Crippen LogP contribution in [0.25, 0.3) is 22.7 Å². The highest BCUT2D eigenvalue weighted by atomic mass is 15.1. The van der Waals surface area contributed by atoms with Crippen LogP contribution in [0.2, 0.25) is 0 Å². The maximum absolute atomic E-state index is 9.48. The van der Waals surface area contributed by atoms with Gasteiger partial charge in [0.15, 0.2) is 5.82 Å². The zero-order valence-corrected chi connectivity index (χ0v) is 12.0. The number of benzene rings is 2. The number of imidazole rings is 1. The quantitative estimate of drug-likeness (QED) is 0.676. The average Bonchev–Trinajstić information content (AvgIpc) is 2.90. The van der Waals surface area contributed by atoms with Crippen LogP contribution < -0.4 is 0 Å². The van der Waals surface area contributed by atoms with Gasteiger partial charge < -0.3 is 4.57 Å². The molecule has 1 aromatic heterocycles. The van der Waals surface area contributed by atoms with E-state index in [-0.39, 0.29) is 0 Å². The molecule has 0 fully saturated rings. The van der Waals surface area contributed by atoms with E-state index in [9.17, 15) is 5.26 Å². The fourth-order valence-electron chi connectivity index (χ4n) is 2.40. The van der Waals surface area contributed by atoms with Crippen molar-refractivity contribution in [2.24, 2.45) is 7.05 Å². The minimum atomic E-state index is 0.466. The minimum absolute atomic E-state index is 0.466. The number of para-hydroxylation sites is 2. The second kappa shape index (κ2) is 5.55. The van der Waals surface area contributed by atoms with Gasteiger partial charge >= 0.3 is 0 Å². The molecule has 0 aliphatic carbocycles. The minimum Gasteiger partial charge on any atom is -0.327 e. The van der Waals surface area contributed by atoms with Crippen LogP contribution in [-0.4, -0.2) is 9.55 Å². The van der Waals surface area contributed by atoms with Crippen LogP contribution in [0.3, 0.4) is 0 Å². The highest BCUT2D eigenvalue weighted by molar-refractivity contribution is 5.90. The molecule has 0 spiro atoms. The molecule has 0 aliphatic rings. The van der Waals surface area contributed by atoms with Crippen LogP contribution in [-0.2, 0) is 7.05 Å². The Balaban J connectivity index is 2.14. The molecular formula is C18H12N4. The Kier molecular flexibility index (Phi) is 3.43. The molecule has 0 N–H and O–H groups in total. The molecule has 22 heavy (non-hydrogen) atoms. The highest BCUT2D eigenvalue weighted by Gasteiger charge is 2.11. The molecule has 1 heterocycles. The Hall–Kier alpha value is -3.37. The third kappa shape index (κ3) is 2.34. The number of fused-ring (bicyclic) bond motifs is 1. The maximum Gasteiger partial charge on any atom is 0.151 e. The van der Waals surface area contributed by atoms with E-state index in [0.29, 0.717) is 17.0 Å². The summed E-state index contributed by atoms with van der Waals surface area (Å²) in [5.41, 5.74) is 3.67. The topological polar surface area (TPSA) is 65.4 Å². The van der Waals surface area contributed by atoms with E-state index in [4.69, 9.17) is 5.26 Å². The van der Waals surface area contributed by atoms with Crippen molar-refractivity contribution in [1.82, 2.24) is 9.55 Å². The van der Waals surface area contributed by atoms with Crippen molar-refractivity contribution >= 4 is 22.7 Å². The fraction of sp³-hybridized carbons (Fsp3) is 0.0556. The predicted molar refractivity (Wildman–Crippen MR) is 85.4 cm³/mol. The molecule has 4 heteroatoms. The number of aryl methyl sites for hydroxylation is 1. The van der Waals surface area contributed by atoms with Crippen LogP contribution in [0.1, 0.15) is 17.0 Å². The predicted octanol–water partition coefficient (Wildman–Crippen LogP) is 3.51. The number of nitriles is 2. The largest absolute Gasteiger partial charge is 0.327 e. The molecule has 0 unspecified atom stereocenters. The van der Waals surface area contributed by atoms with Crippen molar-refractivity contribution in [3.05, 3.63) is 65.5 Å². The number of allylic oxidation sites excluding steroid dienone is 1. The normalized spacial score (nSPS) is 11.1. The molecule has 104 valence electrons. The van der Waals surface area contributed by atoms with Crippen molar-refractivity contribution in [3.63, 3.8) is 0 Å². The Morgan fingerprint density at radius 1 is 1.14 bits per heavy atom. The van der Waals surface area contributed by atoms with Gasteiger partial charge in [-0.1, -0.05) is 24.3 Å². The molecule has 0 bridgehead atoms. The Morgan fingerprint density at radius 2 is 1.95 bits per heavy atom. The fourth-order valence-corrected chi connectivity index (χ4v) is 2.40. The third-order valence-electron chi connectivity index (χ3n) is 3.48. The van der Waals surface area contributed by atoms with Gasteiger partial charge in [0.1, 0.15) is 6.07 Å². The molecule has 3 rings (SSSR count). The first kappa shape index (κ1) is 13.6. The molecular weight excluding hydrogens is 272 g/mol. The van der Waals surface area contributed by atoms with Gasteiger partial charge in [-0.05, 0) is 35.9 Å². The number of hydrogen-bond donors (Lipinski definition) is 0. The Labute approximate surface area is 128 Å². The smallest absolute Gasteiger partial charge is 0.151 e. The molecule has 0 radical (unpaired) electrons. The number of aromatic nitrogens is 2. The van der Waals surface area contributed by atoms with Gasteiger partial charge in [0.2, 0.25) is 0 Å². The third-order valence-corrected chi connectivity index (χ3v) is 3.48. The summed E-state index contributed by atoms with van der Waals surface area (Å²) in [7, 11) is 1.89. The van der Waals surface area contributed by atoms with E-state index in [0.717, 1.165) is 16.6 Å². The SMILES string of the molecule is Cn1c(/C(C#N)=C/c2cccc(C#N)c2)nc2ccccc21.